The Kier molecular flexibility index (Phi) is 6.43. The zero-order valence-electron chi connectivity index (χ0n) is 13.0. The first kappa shape index (κ1) is 18.0. The Labute approximate surface area is 141 Å². The Morgan fingerprint density at radius 1 is 0.773 bits per heavy atom. The molecular formula is C18H17AlNO2+. The van der Waals surface area contributed by atoms with Crippen LogP contribution in [0.25, 0.3) is 10.9 Å². The number of rotatable bonds is 0. The van der Waals surface area contributed by atoms with Gasteiger partial charge in [0.15, 0.2) is 0 Å². The van der Waals surface area contributed by atoms with Crippen molar-refractivity contribution in [2.24, 2.45) is 0 Å². The molecule has 3 aromatic rings. The second-order valence-electron chi connectivity index (χ2n) is 5.00. The van der Waals surface area contributed by atoms with Crippen LogP contribution in [0.4, 0.5) is 0 Å². The Morgan fingerprint density at radius 3 is 1.95 bits per heavy atom. The van der Waals surface area contributed by atoms with E-state index >= 15 is 0 Å². The number of nitrogens with zero attached hydrogens (tertiary/aromatic N) is 1. The van der Waals surface area contributed by atoms with Gasteiger partial charge in [0.2, 0.25) is 0 Å². The maximum atomic E-state index is 11.3. The van der Waals surface area contributed by atoms with Crippen molar-refractivity contribution in [3.05, 3.63) is 65.4 Å². The van der Waals surface area contributed by atoms with Crippen molar-refractivity contribution >= 4 is 28.3 Å². The van der Waals surface area contributed by atoms with E-state index in [4.69, 9.17) is 0 Å². The quantitative estimate of drug-likeness (QED) is 0.600. The van der Waals surface area contributed by atoms with Gasteiger partial charge in [-0.05, 0) is 32.2 Å². The second kappa shape index (κ2) is 7.84. The van der Waals surface area contributed by atoms with Gasteiger partial charge >= 0.3 is 17.4 Å². The van der Waals surface area contributed by atoms with Crippen LogP contribution in [0.15, 0.2) is 48.5 Å². The summed E-state index contributed by atoms with van der Waals surface area (Å²) in [7, 11) is 0. The third-order valence-electron chi connectivity index (χ3n) is 3.23. The van der Waals surface area contributed by atoms with Gasteiger partial charge in [-0.25, -0.2) is 0 Å². The third-order valence-corrected chi connectivity index (χ3v) is 3.23. The van der Waals surface area contributed by atoms with Crippen molar-refractivity contribution < 1.29 is 10.2 Å². The van der Waals surface area contributed by atoms with Gasteiger partial charge in [-0.2, -0.15) is 0 Å². The number of aromatic nitrogens is 1. The van der Waals surface area contributed by atoms with Crippen LogP contribution >= 0.6 is 0 Å². The van der Waals surface area contributed by atoms with Crippen LogP contribution in [0, 0.1) is 20.8 Å². The molecule has 0 saturated heterocycles. The molecule has 0 radical (unpaired) electrons. The summed E-state index contributed by atoms with van der Waals surface area (Å²) in [6.07, 6.45) is 0. The molecule has 0 aliphatic carbocycles. The molecule has 108 valence electrons. The van der Waals surface area contributed by atoms with Crippen molar-refractivity contribution in [2.45, 2.75) is 20.8 Å². The Hall–Kier alpha value is -2.02. The summed E-state index contributed by atoms with van der Waals surface area (Å²) in [5, 5.41) is 23.1. The fraction of sp³-hybridized carbons (Fsp3) is 0.167. The zero-order chi connectivity index (χ0) is 15.4. The molecule has 1 aromatic heterocycles. The van der Waals surface area contributed by atoms with E-state index < -0.39 is 0 Å². The first-order valence-electron chi connectivity index (χ1n) is 6.75. The van der Waals surface area contributed by atoms with Crippen LogP contribution in [0.2, 0.25) is 0 Å². The van der Waals surface area contributed by atoms with Gasteiger partial charge in [0, 0.05) is 5.69 Å². The van der Waals surface area contributed by atoms with Gasteiger partial charge in [0.05, 0.1) is 5.52 Å². The monoisotopic (exact) mass is 306 g/mol. The van der Waals surface area contributed by atoms with E-state index in [1.807, 2.05) is 57.2 Å². The largest absolute Gasteiger partial charge is 3.00 e. The van der Waals surface area contributed by atoms with Crippen molar-refractivity contribution in [1.82, 2.24) is 4.98 Å². The minimum absolute atomic E-state index is 0. The minimum atomic E-state index is -0.00352. The molecule has 3 nitrogen and oxygen atoms in total. The van der Waals surface area contributed by atoms with E-state index in [1.54, 1.807) is 6.07 Å². The number of fused-ring (bicyclic) bond motifs is 1. The molecule has 3 rings (SSSR count). The average molecular weight is 306 g/mol. The molecule has 0 aliphatic rings. The summed E-state index contributed by atoms with van der Waals surface area (Å²) in [6.45, 7) is 5.54. The van der Waals surface area contributed by atoms with Crippen LogP contribution < -0.4 is 10.2 Å². The molecule has 22 heavy (non-hydrogen) atoms. The summed E-state index contributed by atoms with van der Waals surface area (Å²) >= 11 is 0. The van der Waals surface area contributed by atoms with E-state index in [1.165, 1.54) is 6.07 Å². The summed E-state index contributed by atoms with van der Waals surface area (Å²) in [5.74, 6) is 0.161. The molecule has 0 bridgehead atoms. The van der Waals surface area contributed by atoms with E-state index in [9.17, 15) is 10.2 Å². The Morgan fingerprint density at radius 2 is 1.36 bits per heavy atom. The number of hydrogen-bond donors (Lipinski definition) is 0. The van der Waals surface area contributed by atoms with Crippen LogP contribution in [0.1, 0.15) is 16.8 Å². The summed E-state index contributed by atoms with van der Waals surface area (Å²) in [6, 6.07) is 14.6. The smallest absolute Gasteiger partial charge is 0.872 e. The van der Waals surface area contributed by atoms with Crippen LogP contribution in [0.3, 0.4) is 0 Å². The molecule has 0 spiro atoms. The van der Waals surface area contributed by atoms with Gasteiger partial charge in [0.1, 0.15) is 0 Å². The number of para-hydroxylation sites is 2. The third kappa shape index (κ3) is 4.24. The molecule has 0 aliphatic heterocycles. The summed E-state index contributed by atoms with van der Waals surface area (Å²) in [4.78, 5) is 4.16. The molecule has 0 saturated carbocycles. The van der Waals surface area contributed by atoms with Crippen LogP contribution in [-0.4, -0.2) is 22.3 Å². The molecule has 0 atom stereocenters. The van der Waals surface area contributed by atoms with Gasteiger partial charge in [-0.3, -0.25) is 4.98 Å². The van der Waals surface area contributed by atoms with E-state index in [0.717, 1.165) is 22.2 Å². The molecule has 0 fully saturated rings. The van der Waals surface area contributed by atoms with E-state index in [-0.39, 0.29) is 28.9 Å². The molecule has 0 amide bonds. The van der Waals surface area contributed by atoms with Crippen molar-refractivity contribution in [1.29, 1.82) is 0 Å². The Bertz CT molecular complexity index is 752. The van der Waals surface area contributed by atoms with Crippen molar-refractivity contribution in [2.75, 3.05) is 0 Å². The molecular weight excluding hydrogens is 289 g/mol. The molecule has 0 N–H and O–H groups in total. The van der Waals surface area contributed by atoms with Gasteiger partial charge in [-0.15, -0.1) is 5.75 Å². The fourth-order valence-corrected chi connectivity index (χ4v) is 2.02. The van der Waals surface area contributed by atoms with Crippen molar-refractivity contribution in [3.63, 3.8) is 0 Å². The first-order valence-corrected chi connectivity index (χ1v) is 6.75. The standard InChI is InChI=1S/C10H9NO.C8H10O.Al/c1-7-5-6-8-3-2-4-9(12)10(8)11-7;1-6-4-3-5-7(2)8(6)9;/h2-6,12H,1H3;3-5,9H,1-2H3;/q;;+3/p-2. The predicted octanol–water partition coefficient (Wildman–Crippen LogP) is 2.61. The SMILES string of the molecule is Cc1ccc2cccc([O-])c2n1.Cc1cccc(C)c1[O-].[Al+3]. The minimum Gasteiger partial charge on any atom is -0.872 e. The summed E-state index contributed by atoms with van der Waals surface area (Å²) < 4.78 is 0. The molecule has 0 unspecified atom stereocenters. The maximum Gasteiger partial charge on any atom is 3.00 e. The second-order valence-corrected chi connectivity index (χ2v) is 5.00. The van der Waals surface area contributed by atoms with Crippen LogP contribution in [0.5, 0.6) is 11.5 Å². The van der Waals surface area contributed by atoms with Crippen LogP contribution in [-0.2, 0) is 0 Å². The normalized spacial score (nSPS) is 9.59. The fourth-order valence-electron chi connectivity index (χ4n) is 2.02. The summed E-state index contributed by atoms with van der Waals surface area (Å²) in [5.41, 5.74) is 3.10. The zero-order valence-corrected chi connectivity index (χ0v) is 14.1. The number of pyridine rings is 1. The number of benzene rings is 2. The van der Waals surface area contributed by atoms with Crippen molar-refractivity contribution in [3.8, 4) is 11.5 Å². The average Bonchev–Trinajstić information content (AvgIpc) is 2.46. The predicted molar refractivity (Wildman–Crippen MR) is 87.0 cm³/mol. The van der Waals surface area contributed by atoms with Gasteiger partial charge in [0.25, 0.3) is 0 Å². The van der Waals surface area contributed by atoms with Gasteiger partial charge < -0.3 is 10.2 Å². The maximum absolute atomic E-state index is 11.3. The number of aryl methyl sites for hydroxylation is 3. The molecule has 2 aromatic carbocycles. The molecule has 1 heterocycles. The Balaban J connectivity index is 0.000000219. The topological polar surface area (TPSA) is 59.0 Å². The first-order chi connectivity index (χ1) is 9.99. The number of hydrogen-bond acceptors (Lipinski definition) is 3. The van der Waals surface area contributed by atoms with E-state index in [0.29, 0.717) is 5.52 Å². The van der Waals surface area contributed by atoms with Gasteiger partial charge in [-0.1, -0.05) is 59.3 Å². The molecule has 4 heteroatoms. The van der Waals surface area contributed by atoms with E-state index in [2.05, 4.69) is 4.98 Å².